The molecule has 5 fully saturated rings. The van der Waals surface area contributed by atoms with Gasteiger partial charge in [0.05, 0.1) is 44.6 Å². The maximum absolute atomic E-state index is 14.6. The number of aliphatic hydroxyl groups excluding tert-OH is 1. The van der Waals surface area contributed by atoms with E-state index in [1.165, 1.54) is 54.8 Å². The molecule has 6 aliphatic rings. The van der Waals surface area contributed by atoms with E-state index in [4.69, 9.17) is 10.1 Å². The zero-order valence-electron chi connectivity index (χ0n) is 51.6. The fraction of sp³-hybridized carbons (Fsp3) is 0.493. The maximum atomic E-state index is 14.6. The van der Waals surface area contributed by atoms with E-state index >= 15 is 0 Å². The molecule has 0 radical (unpaired) electrons. The Hall–Kier alpha value is -7.35. The number of nitrogens with zero attached hydrogens (tertiary/aromatic N) is 7. The predicted octanol–water partition coefficient (Wildman–Crippen LogP) is 11.8. The number of thiazole rings is 2. The average molecular weight is 1230 g/mol. The molecule has 5 amide bonds. The number of fused-ring (bicyclic) bond motifs is 2. The third-order valence-corrected chi connectivity index (χ3v) is 21.4. The molecule has 4 aromatic heterocycles. The lowest BCUT2D eigenvalue weighted by molar-refractivity contribution is -0.144. The molecule has 13 rings (SSSR count). The van der Waals surface area contributed by atoms with Gasteiger partial charge >= 0.3 is 0 Å². The SMILES string of the molecule is Cc1ncsc1-c1ccc(C(C)NC(=O)[C@@H]2C[C@@H](O)CN2C(=O)C(NC(=O)CCCCCCCNC(=O)c2nc(N3CCc4cccc(C(=O)Nc5nc6ccccc6s5)c4C3)ccc2-c2cnn(CC34CC5CC(CC(C5)C3)C4)c2C)C(C)(C)C)cc1. The lowest BCUT2D eigenvalue weighted by Crippen LogP contribution is -2.57. The number of amides is 5. The average Bonchev–Trinajstić information content (AvgIpc) is 1.02. The Kier molecular flexibility index (Phi) is 17.7. The van der Waals surface area contributed by atoms with Gasteiger partial charge in [0.2, 0.25) is 17.7 Å². The van der Waals surface area contributed by atoms with E-state index in [-0.39, 0.29) is 54.5 Å². The molecular weight excluding hydrogens is 1140 g/mol. The van der Waals surface area contributed by atoms with Crippen LogP contribution in [0.2, 0.25) is 0 Å². The van der Waals surface area contributed by atoms with Gasteiger partial charge in [-0.1, -0.05) is 99.9 Å². The zero-order valence-corrected chi connectivity index (χ0v) is 53.2. The first-order chi connectivity index (χ1) is 42.3. The molecule has 7 aromatic rings. The van der Waals surface area contributed by atoms with Crippen molar-refractivity contribution >= 4 is 73.4 Å². The number of benzene rings is 3. The van der Waals surface area contributed by atoms with Crippen molar-refractivity contribution in [2.45, 2.75) is 169 Å². The Labute approximate surface area is 523 Å². The number of aliphatic hydroxyl groups is 1. The van der Waals surface area contributed by atoms with Crippen molar-refractivity contribution in [1.29, 1.82) is 0 Å². The Morgan fingerprint density at radius 2 is 1.55 bits per heavy atom. The van der Waals surface area contributed by atoms with Gasteiger partial charge in [-0.3, -0.25) is 34.0 Å². The van der Waals surface area contributed by atoms with Gasteiger partial charge in [0.25, 0.3) is 11.8 Å². The number of hydrogen-bond donors (Lipinski definition) is 5. The summed E-state index contributed by atoms with van der Waals surface area (Å²) < 4.78 is 3.20. The lowest BCUT2D eigenvalue weighted by atomic mass is 9.49. The number of aryl methyl sites for hydroxylation is 1. The quantitative estimate of drug-likeness (QED) is 0.0427. The minimum atomic E-state index is -0.911. The molecule has 19 heteroatoms. The standard InChI is InChI=1S/C69H83N11O6S2/c1-41(47-20-22-49(23-21-47)61-42(2)71-40-87-61)73-64(84)56-32-50(81)37-79(56)66(86)62(68(4,5)6)76-59(82)19-10-8-7-9-13-27-70-65(85)60-51(53-36-72-80(43(53)3)39-69-33-44-29-45(34-69)31-46(30-44)35-69)24-25-58(75-60)78-28-26-48-15-14-16-52(54(48)38-78)63(83)77-67-74-55-17-11-12-18-57(55)88-67/h11-12,14-18,20-25,36,40-41,44-46,50,56,62,81H,7-10,13,19,26-35,37-39H2,1-6H3,(H,70,85)(H,73,84)(H,76,82)(H,74,77,83)/t41?,44?,45?,46?,50-,56+,62?,69?/m1/s1. The van der Waals surface area contributed by atoms with Crippen LogP contribution in [-0.2, 0) is 33.9 Å². The van der Waals surface area contributed by atoms with E-state index in [0.29, 0.717) is 54.7 Å². The van der Waals surface area contributed by atoms with Crippen LogP contribution in [0.25, 0.3) is 31.8 Å². The number of aromatic nitrogens is 5. The first kappa shape index (κ1) is 60.9. The van der Waals surface area contributed by atoms with Crippen LogP contribution in [0.1, 0.15) is 166 Å². The number of nitrogens with one attached hydrogen (secondary N) is 4. The van der Waals surface area contributed by atoms with Crippen molar-refractivity contribution in [2.75, 3.05) is 29.9 Å². The second kappa shape index (κ2) is 25.6. The normalized spacial score (nSPS) is 21.9. The number of rotatable bonds is 21. The summed E-state index contributed by atoms with van der Waals surface area (Å²) in [6.45, 7) is 14.1. The molecule has 2 aliphatic heterocycles. The molecule has 0 spiro atoms. The number of likely N-dealkylation sites (tertiary alicyclic amines) is 1. The molecule has 1 saturated heterocycles. The lowest BCUT2D eigenvalue weighted by Gasteiger charge is -2.56. The van der Waals surface area contributed by atoms with E-state index < -0.39 is 29.5 Å². The van der Waals surface area contributed by atoms with Crippen LogP contribution in [0.5, 0.6) is 0 Å². The fourth-order valence-corrected chi connectivity index (χ4v) is 16.9. The summed E-state index contributed by atoms with van der Waals surface area (Å²) in [6.07, 6.45) is 13.9. The van der Waals surface area contributed by atoms with E-state index in [0.717, 1.165) is 110 Å². The Bertz CT molecular complexity index is 3660. The molecule has 3 aromatic carbocycles. The third-order valence-electron chi connectivity index (χ3n) is 19.4. The second-order valence-electron chi connectivity index (χ2n) is 27.0. The maximum Gasteiger partial charge on any atom is 0.270 e. The van der Waals surface area contributed by atoms with Crippen molar-refractivity contribution in [1.82, 2.24) is 45.6 Å². The van der Waals surface area contributed by atoms with Crippen LogP contribution in [-0.4, -0.2) is 102 Å². The van der Waals surface area contributed by atoms with Gasteiger partial charge in [0.15, 0.2) is 5.13 Å². The van der Waals surface area contributed by atoms with Crippen LogP contribution in [0.4, 0.5) is 10.9 Å². The molecule has 4 aliphatic carbocycles. The smallest absolute Gasteiger partial charge is 0.270 e. The molecule has 88 heavy (non-hydrogen) atoms. The highest BCUT2D eigenvalue weighted by molar-refractivity contribution is 7.22. The van der Waals surface area contributed by atoms with Crippen molar-refractivity contribution in [3.8, 4) is 21.6 Å². The molecule has 462 valence electrons. The molecule has 4 atom stereocenters. The molecule has 4 saturated carbocycles. The van der Waals surface area contributed by atoms with Crippen LogP contribution in [0.15, 0.2) is 90.6 Å². The minimum Gasteiger partial charge on any atom is -0.391 e. The van der Waals surface area contributed by atoms with E-state index in [1.54, 1.807) is 11.3 Å². The molecule has 4 bridgehead atoms. The number of para-hydroxylation sites is 1. The molecule has 5 N–H and O–H groups in total. The molecular formula is C69H83N11O6S2. The highest BCUT2D eigenvalue weighted by Crippen LogP contribution is 2.60. The molecule has 6 heterocycles. The van der Waals surface area contributed by atoms with Gasteiger partial charge in [-0.2, -0.15) is 5.10 Å². The number of anilines is 2. The second-order valence-corrected chi connectivity index (χ2v) is 28.9. The Morgan fingerprint density at radius 1 is 0.807 bits per heavy atom. The van der Waals surface area contributed by atoms with Crippen molar-refractivity contribution in [3.63, 3.8) is 0 Å². The van der Waals surface area contributed by atoms with Gasteiger partial charge in [-0.25, -0.2) is 15.0 Å². The van der Waals surface area contributed by atoms with Crippen LogP contribution >= 0.6 is 22.7 Å². The summed E-state index contributed by atoms with van der Waals surface area (Å²) in [5.41, 5.74) is 10.9. The predicted molar refractivity (Wildman–Crippen MR) is 346 cm³/mol. The monoisotopic (exact) mass is 1230 g/mol. The Balaban J connectivity index is 0.658. The van der Waals surface area contributed by atoms with E-state index in [1.807, 2.05) is 119 Å². The summed E-state index contributed by atoms with van der Waals surface area (Å²) in [6, 6.07) is 23.6. The van der Waals surface area contributed by atoms with Crippen LogP contribution in [0.3, 0.4) is 0 Å². The van der Waals surface area contributed by atoms with Gasteiger partial charge in [0.1, 0.15) is 23.6 Å². The Morgan fingerprint density at radius 3 is 2.27 bits per heavy atom. The largest absolute Gasteiger partial charge is 0.391 e. The first-order valence-corrected chi connectivity index (χ1v) is 33.5. The molecule has 17 nitrogen and oxygen atoms in total. The number of unbranched alkanes of at least 4 members (excludes halogenated alkanes) is 4. The van der Waals surface area contributed by atoms with Crippen molar-refractivity contribution < 1.29 is 29.1 Å². The van der Waals surface area contributed by atoms with E-state index in [2.05, 4.69) is 53.8 Å². The van der Waals surface area contributed by atoms with Crippen LogP contribution < -0.4 is 26.2 Å². The summed E-state index contributed by atoms with van der Waals surface area (Å²) in [5, 5.41) is 28.7. The minimum absolute atomic E-state index is 0.00101. The van der Waals surface area contributed by atoms with E-state index in [9.17, 15) is 29.1 Å². The summed E-state index contributed by atoms with van der Waals surface area (Å²) in [4.78, 5) is 89.2. The first-order valence-electron chi connectivity index (χ1n) is 31.8. The number of β-amino-alcohol motifs (C(OH)–C–C–N with tert-alkyl or cyclic N) is 1. The summed E-state index contributed by atoms with van der Waals surface area (Å²) >= 11 is 3.03. The van der Waals surface area contributed by atoms with Gasteiger partial charge < -0.3 is 30.9 Å². The van der Waals surface area contributed by atoms with Gasteiger partial charge in [0, 0.05) is 67.9 Å². The van der Waals surface area contributed by atoms with Gasteiger partial charge in [-0.05, 0) is 160 Å². The molecule has 2 unspecified atom stereocenters. The summed E-state index contributed by atoms with van der Waals surface area (Å²) in [5.74, 6) is 1.70. The third kappa shape index (κ3) is 13.2. The number of carbonyl (C=O) groups excluding carboxylic acids is 5. The van der Waals surface area contributed by atoms with Crippen LogP contribution in [0, 0.1) is 42.4 Å². The zero-order chi connectivity index (χ0) is 61.4. The summed E-state index contributed by atoms with van der Waals surface area (Å²) in [7, 11) is 0. The van der Waals surface area contributed by atoms with Gasteiger partial charge in [-0.15, -0.1) is 11.3 Å². The van der Waals surface area contributed by atoms with Crippen molar-refractivity contribution in [2.24, 2.45) is 28.6 Å². The van der Waals surface area contributed by atoms with Crippen molar-refractivity contribution in [3.05, 3.63) is 130 Å². The highest BCUT2D eigenvalue weighted by Gasteiger charge is 2.51. The fourth-order valence-electron chi connectivity index (χ4n) is 15.2. The number of carbonyl (C=O) groups is 5. The highest BCUT2D eigenvalue weighted by atomic mass is 32.1. The topological polar surface area (TPSA) is 217 Å². The number of hydrogen-bond acceptors (Lipinski definition) is 13. The number of pyridine rings is 1.